The SMILES string of the molecule is C=Cc1cccc2c1C(=O)NC2=O.O=C1c2ccccc2C(=O)N1CCP(c1ccccc1)c1ccccc1. The maximum absolute atomic E-state index is 12.6. The number of carbonyl (C=O) groups excluding carboxylic acids is 4. The third-order valence-corrected chi connectivity index (χ3v) is 9.07. The molecule has 0 radical (unpaired) electrons. The Hall–Kier alpha value is -4.67. The van der Waals surface area contributed by atoms with E-state index in [1.54, 1.807) is 48.5 Å². The Labute approximate surface area is 227 Å². The smallest absolute Gasteiger partial charge is 0.261 e. The number of nitrogens with one attached hydrogen (secondary N) is 1. The number of carbonyl (C=O) groups is 4. The zero-order valence-corrected chi connectivity index (χ0v) is 21.9. The van der Waals surface area contributed by atoms with Crippen molar-refractivity contribution in [2.24, 2.45) is 0 Å². The third kappa shape index (κ3) is 5.20. The molecule has 1 N–H and O–H groups in total. The first kappa shape index (κ1) is 26.0. The minimum absolute atomic E-state index is 0.179. The Bertz CT molecular complexity index is 1510. The van der Waals surface area contributed by atoms with Gasteiger partial charge in [0.1, 0.15) is 0 Å². The van der Waals surface area contributed by atoms with E-state index in [4.69, 9.17) is 0 Å². The van der Waals surface area contributed by atoms with Crippen molar-refractivity contribution in [3.63, 3.8) is 0 Å². The summed E-state index contributed by atoms with van der Waals surface area (Å²) in [6.45, 7) is 4.01. The molecule has 7 heteroatoms. The molecular weight excluding hydrogens is 507 g/mol. The van der Waals surface area contributed by atoms with Crippen LogP contribution in [0.15, 0.2) is 110 Å². The standard InChI is InChI=1S/C22H18NO2P.C10H7NO2/c24-21-19-13-7-8-14-20(19)22(25)23(21)15-16-26(17-9-3-1-4-10-17)18-11-5-2-6-12-18;1-2-6-4-3-5-7-8(6)10(13)11-9(7)12/h1-14H,15-16H2;2-5H,1H2,(H,11,12,13). The lowest BCUT2D eigenvalue weighted by Crippen LogP contribution is -2.33. The molecule has 39 heavy (non-hydrogen) atoms. The summed E-state index contributed by atoms with van der Waals surface area (Å²) in [5, 5.41) is 4.74. The Morgan fingerprint density at radius 3 is 1.69 bits per heavy atom. The first-order chi connectivity index (χ1) is 19.0. The van der Waals surface area contributed by atoms with Gasteiger partial charge in [0.15, 0.2) is 0 Å². The van der Waals surface area contributed by atoms with E-state index in [1.165, 1.54) is 15.5 Å². The van der Waals surface area contributed by atoms with E-state index in [9.17, 15) is 19.2 Å². The van der Waals surface area contributed by atoms with Crippen molar-refractivity contribution in [3.8, 4) is 0 Å². The Kier molecular flexibility index (Phi) is 7.57. The predicted molar refractivity (Wildman–Crippen MR) is 154 cm³/mol. The molecule has 4 amide bonds. The first-order valence-electron chi connectivity index (χ1n) is 12.4. The van der Waals surface area contributed by atoms with Gasteiger partial charge in [0.25, 0.3) is 23.6 Å². The normalized spacial score (nSPS) is 13.5. The van der Waals surface area contributed by atoms with Crippen LogP contribution in [0.25, 0.3) is 6.08 Å². The van der Waals surface area contributed by atoms with Gasteiger partial charge in [-0.1, -0.05) is 97.6 Å². The molecule has 0 aliphatic carbocycles. The molecule has 0 unspecified atom stereocenters. The van der Waals surface area contributed by atoms with Crippen LogP contribution in [0.3, 0.4) is 0 Å². The second-order valence-electron chi connectivity index (χ2n) is 8.89. The molecule has 4 aromatic rings. The summed E-state index contributed by atoms with van der Waals surface area (Å²) < 4.78 is 0. The Balaban J connectivity index is 0.000000198. The second kappa shape index (κ2) is 11.4. The van der Waals surface area contributed by atoms with Gasteiger partial charge in [-0.25, -0.2) is 0 Å². The molecule has 0 bridgehead atoms. The molecule has 6 nitrogen and oxygen atoms in total. The molecule has 0 fully saturated rings. The van der Waals surface area contributed by atoms with E-state index in [0.29, 0.717) is 34.4 Å². The van der Waals surface area contributed by atoms with Gasteiger partial charge in [-0.05, 0) is 48.5 Å². The molecule has 2 heterocycles. The van der Waals surface area contributed by atoms with Crippen molar-refractivity contribution in [1.29, 1.82) is 0 Å². The van der Waals surface area contributed by atoms with Gasteiger partial charge in [-0.15, -0.1) is 0 Å². The van der Waals surface area contributed by atoms with Gasteiger partial charge in [0, 0.05) is 6.54 Å². The molecule has 0 atom stereocenters. The van der Waals surface area contributed by atoms with Crippen molar-refractivity contribution in [1.82, 2.24) is 10.2 Å². The van der Waals surface area contributed by atoms with Crippen LogP contribution in [0.2, 0.25) is 0 Å². The van der Waals surface area contributed by atoms with Crippen molar-refractivity contribution in [2.75, 3.05) is 12.7 Å². The van der Waals surface area contributed by atoms with Gasteiger partial charge in [0.2, 0.25) is 0 Å². The van der Waals surface area contributed by atoms with Gasteiger partial charge in [-0.3, -0.25) is 29.4 Å². The maximum atomic E-state index is 12.6. The fourth-order valence-corrected chi connectivity index (χ4v) is 6.96. The van der Waals surface area contributed by atoms with Crippen molar-refractivity contribution >= 4 is 48.2 Å². The monoisotopic (exact) mass is 532 g/mol. The summed E-state index contributed by atoms with van der Waals surface area (Å²) in [6.07, 6.45) is 2.33. The highest BCUT2D eigenvalue weighted by Crippen LogP contribution is 2.34. The zero-order valence-electron chi connectivity index (χ0n) is 21.0. The summed E-state index contributed by atoms with van der Waals surface area (Å²) in [6, 6.07) is 32.8. The fraction of sp³-hybridized carbons (Fsp3) is 0.0625. The van der Waals surface area contributed by atoms with Crippen LogP contribution in [0.5, 0.6) is 0 Å². The number of fused-ring (bicyclic) bond motifs is 2. The van der Waals surface area contributed by atoms with Crippen LogP contribution in [0.4, 0.5) is 0 Å². The number of benzene rings is 4. The molecule has 0 saturated carbocycles. The summed E-state index contributed by atoms with van der Waals surface area (Å²) in [4.78, 5) is 49.1. The summed E-state index contributed by atoms with van der Waals surface area (Å²) >= 11 is 0. The highest BCUT2D eigenvalue weighted by Gasteiger charge is 2.35. The van der Waals surface area contributed by atoms with Gasteiger partial charge >= 0.3 is 0 Å². The van der Waals surface area contributed by atoms with Crippen LogP contribution in [-0.2, 0) is 0 Å². The average Bonchev–Trinajstić information content (AvgIpc) is 3.41. The van der Waals surface area contributed by atoms with Gasteiger partial charge in [0.05, 0.1) is 22.3 Å². The lowest BCUT2D eigenvalue weighted by Gasteiger charge is -2.22. The third-order valence-electron chi connectivity index (χ3n) is 6.58. The first-order valence-corrected chi connectivity index (χ1v) is 14.0. The number of rotatable bonds is 6. The van der Waals surface area contributed by atoms with E-state index >= 15 is 0 Å². The molecule has 2 aliphatic rings. The van der Waals surface area contributed by atoms with E-state index < -0.39 is 7.92 Å². The van der Waals surface area contributed by atoms with E-state index in [0.717, 1.165) is 6.16 Å². The minimum Gasteiger partial charge on any atom is -0.288 e. The topological polar surface area (TPSA) is 83.5 Å². The van der Waals surface area contributed by atoms with Crippen LogP contribution in [0.1, 0.15) is 47.0 Å². The van der Waals surface area contributed by atoms with Crippen molar-refractivity contribution in [2.45, 2.75) is 0 Å². The van der Waals surface area contributed by atoms with Gasteiger partial charge in [-0.2, -0.15) is 0 Å². The number of hydrogen-bond acceptors (Lipinski definition) is 4. The van der Waals surface area contributed by atoms with Crippen molar-refractivity contribution < 1.29 is 19.2 Å². The van der Waals surface area contributed by atoms with Crippen molar-refractivity contribution in [3.05, 3.63) is 138 Å². The largest absolute Gasteiger partial charge is 0.288 e. The van der Waals surface area contributed by atoms with Crippen LogP contribution < -0.4 is 15.9 Å². The molecule has 2 aliphatic heterocycles. The highest BCUT2D eigenvalue weighted by molar-refractivity contribution is 7.73. The number of nitrogens with zero attached hydrogens (tertiary/aromatic N) is 1. The molecule has 192 valence electrons. The number of hydrogen-bond donors (Lipinski definition) is 1. The quantitative estimate of drug-likeness (QED) is 0.290. The summed E-state index contributed by atoms with van der Waals surface area (Å²) in [5.74, 6) is -1.03. The maximum Gasteiger partial charge on any atom is 0.261 e. The predicted octanol–water partition coefficient (Wildman–Crippen LogP) is 4.63. The molecular formula is C32H25N2O4P. The Morgan fingerprint density at radius 2 is 1.15 bits per heavy atom. The zero-order chi connectivity index (χ0) is 27.4. The highest BCUT2D eigenvalue weighted by atomic mass is 31.1. The lowest BCUT2D eigenvalue weighted by atomic mass is 10.0. The van der Waals surface area contributed by atoms with Gasteiger partial charge < -0.3 is 0 Å². The molecule has 4 aromatic carbocycles. The number of amides is 4. The second-order valence-corrected chi connectivity index (χ2v) is 11.2. The van der Waals surface area contributed by atoms with E-state index in [1.807, 2.05) is 36.4 Å². The summed E-state index contributed by atoms with van der Waals surface area (Å²) in [7, 11) is -0.627. The summed E-state index contributed by atoms with van der Waals surface area (Å²) in [5.41, 5.74) is 2.59. The molecule has 0 aromatic heterocycles. The Morgan fingerprint density at radius 1 is 0.641 bits per heavy atom. The number of imide groups is 2. The van der Waals surface area contributed by atoms with E-state index in [2.05, 4.69) is 36.2 Å². The molecule has 6 rings (SSSR count). The van der Waals surface area contributed by atoms with E-state index in [-0.39, 0.29) is 23.6 Å². The lowest BCUT2D eigenvalue weighted by molar-refractivity contribution is 0.0663. The fourth-order valence-electron chi connectivity index (χ4n) is 4.68. The molecule has 0 saturated heterocycles. The minimum atomic E-state index is -0.627. The molecule has 0 spiro atoms. The van der Waals surface area contributed by atoms with Crippen LogP contribution >= 0.6 is 7.92 Å². The van der Waals surface area contributed by atoms with Crippen LogP contribution in [-0.4, -0.2) is 41.2 Å². The van der Waals surface area contributed by atoms with Crippen LogP contribution in [0, 0.1) is 0 Å². The average molecular weight is 533 g/mol.